The van der Waals surface area contributed by atoms with Gasteiger partial charge < -0.3 is 19.5 Å². The monoisotopic (exact) mass is 289 g/mol. The second kappa shape index (κ2) is 15.2. The zero-order valence-corrected chi connectivity index (χ0v) is 14.0. The lowest BCUT2D eigenvalue weighted by Gasteiger charge is -2.14. The normalized spacial score (nSPS) is 13.1. The Kier molecular flexibility index (Phi) is 15.1. The van der Waals surface area contributed by atoms with Crippen molar-refractivity contribution in [1.29, 1.82) is 0 Å². The Morgan fingerprint density at radius 3 is 1.90 bits per heavy atom. The minimum atomic E-state index is 0.561. The van der Waals surface area contributed by atoms with Crippen molar-refractivity contribution in [2.24, 2.45) is 5.92 Å². The first kappa shape index (κ1) is 19.8. The molecule has 1 atom stereocenters. The van der Waals surface area contributed by atoms with Gasteiger partial charge in [-0.25, -0.2) is 0 Å². The second-order valence-electron chi connectivity index (χ2n) is 5.65. The van der Waals surface area contributed by atoms with Crippen LogP contribution in [0.25, 0.3) is 0 Å². The predicted molar refractivity (Wildman–Crippen MR) is 84.3 cm³/mol. The second-order valence-corrected chi connectivity index (χ2v) is 5.65. The minimum Gasteiger partial charge on any atom is -0.379 e. The molecule has 0 saturated heterocycles. The number of nitrogens with one attached hydrogen (secondary N) is 1. The zero-order valence-electron chi connectivity index (χ0n) is 14.0. The van der Waals surface area contributed by atoms with E-state index in [-0.39, 0.29) is 0 Å². The molecule has 4 nitrogen and oxygen atoms in total. The summed E-state index contributed by atoms with van der Waals surface area (Å²) in [4.78, 5) is 0. The SMILES string of the molecule is CCCCOCCOCCOCCC(C)CNC(C)C. The summed E-state index contributed by atoms with van der Waals surface area (Å²) in [6.45, 7) is 14.2. The summed E-state index contributed by atoms with van der Waals surface area (Å²) in [6.07, 6.45) is 3.41. The lowest BCUT2D eigenvalue weighted by Crippen LogP contribution is -2.28. The maximum absolute atomic E-state index is 5.56. The maximum Gasteiger partial charge on any atom is 0.0701 e. The molecule has 1 N–H and O–H groups in total. The molecule has 0 fully saturated rings. The summed E-state index contributed by atoms with van der Waals surface area (Å²) in [6, 6.07) is 0.561. The fourth-order valence-electron chi connectivity index (χ4n) is 1.61. The predicted octanol–water partition coefficient (Wildman–Crippen LogP) is 2.86. The van der Waals surface area contributed by atoms with Gasteiger partial charge in [0.1, 0.15) is 0 Å². The molecular formula is C16H35NO3. The highest BCUT2D eigenvalue weighted by Crippen LogP contribution is 2.00. The van der Waals surface area contributed by atoms with Crippen molar-refractivity contribution in [1.82, 2.24) is 5.32 Å². The van der Waals surface area contributed by atoms with Gasteiger partial charge in [0.25, 0.3) is 0 Å². The van der Waals surface area contributed by atoms with Gasteiger partial charge in [-0.05, 0) is 25.3 Å². The van der Waals surface area contributed by atoms with E-state index in [1.165, 1.54) is 6.42 Å². The van der Waals surface area contributed by atoms with Gasteiger partial charge in [0, 0.05) is 19.3 Å². The van der Waals surface area contributed by atoms with E-state index in [0.717, 1.165) is 32.6 Å². The Balaban J connectivity index is 3.09. The summed E-state index contributed by atoms with van der Waals surface area (Å²) in [5.74, 6) is 0.658. The van der Waals surface area contributed by atoms with Gasteiger partial charge in [-0.15, -0.1) is 0 Å². The molecule has 0 aromatic rings. The first-order valence-electron chi connectivity index (χ1n) is 8.13. The van der Waals surface area contributed by atoms with E-state index in [2.05, 4.69) is 33.0 Å². The fraction of sp³-hybridized carbons (Fsp3) is 1.00. The number of unbranched alkanes of at least 4 members (excludes halogenated alkanes) is 1. The van der Waals surface area contributed by atoms with Crippen molar-refractivity contribution in [2.45, 2.75) is 53.0 Å². The average Bonchev–Trinajstić information content (AvgIpc) is 2.42. The minimum absolute atomic E-state index is 0.561. The molecule has 0 aromatic carbocycles. The first-order chi connectivity index (χ1) is 9.66. The van der Waals surface area contributed by atoms with Gasteiger partial charge in [0.05, 0.1) is 26.4 Å². The van der Waals surface area contributed by atoms with E-state index in [4.69, 9.17) is 14.2 Å². The largest absolute Gasteiger partial charge is 0.379 e. The van der Waals surface area contributed by atoms with Crippen molar-refractivity contribution in [3.05, 3.63) is 0 Å². The summed E-state index contributed by atoms with van der Waals surface area (Å²) in [7, 11) is 0. The van der Waals surface area contributed by atoms with Gasteiger partial charge in [0.2, 0.25) is 0 Å². The summed E-state index contributed by atoms with van der Waals surface area (Å²) in [5.41, 5.74) is 0. The molecule has 0 heterocycles. The van der Waals surface area contributed by atoms with Crippen molar-refractivity contribution >= 4 is 0 Å². The van der Waals surface area contributed by atoms with Gasteiger partial charge in [-0.3, -0.25) is 0 Å². The first-order valence-corrected chi connectivity index (χ1v) is 8.13. The van der Waals surface area contributed by atoms with Gasteiger partial charge in [0.15, 0.2) is 0 Å². The van der Waals surface area contributed by atoms with Crippen molar-refractivity contribution in [3.63, 3.8) is 0 Å². The number of hydrogen-bond donors (Lipinski definition) is 1. The number of rotatable bonds is 15. The third-order valence-electron chi connectivity index (χ3n) is 3.02. The molecule has 1 unspecified atom stereocenters. The Hall–Kier alpha value is -0.160. The van der Waals surface area contributed by atoms with Crippen LogP contribution in [0.4, 0.5) is 0 Å². The van der Waals surface area contributed by atoms with Crippen LogP contribution in [-0.4, -0.2) is 52.2 Å². The molecule has 0 aliphatic carbocycles. The summed E-state index contributed by atoms with van der Waals surface area (Å²) < 4.78 is 16.4. The molecule has 0 aromatic heterocycles. The van der Waals surface area contributed by atoms with Crippen LogP contribution < -0.4 is 5.32 Å². The van der Waals surface area contributed by atoms with Crippen LogP contribution >= 0.6 is 0 Å². The van der Waals surface area contributed by atoms with Crippen LogP contribution in [0.5, 0.6) is 0 Å². The maximum atomic E-state index is 5.56. The molecule has 122 valence electrons. The standard InChI is InChI=1S/C16H35NO3/c1-5-6-8-18-10-12-20-13-11-19-9-7-16(4)14-17-15(2)3/h15-17H,5-14H2,1-4H3. The Bertz CT molecular complexity index is 189. The zero-order chi connectivity index (χ0) is 15.1. The molecule has 0 saturated carbocycles. The van der Waals surface area contributed by atoms with E-state index < -0.39 is 0 Å². The van der Waals surface area contributed by atoms with E-state index in [1.54, 1.807) is 0 Å². The fourth-order valence-corrected chi connectivity index (χ4v) is 1.61. The van der Waals surface area contributed by atoms with E-state index in [0.29, 0.717) is 38.4 Å². The van der Waals surface area contributed by atoms with Gasteiger partial charge >= 0.3 is 0 Å². The molecule has 0 radical (unpaired) electrons. The molecule has 0 aliphatic heterocycles. The van der Waals surface area contributed by atoms with E-state index >= 15 is 0 Å². The van der Waals surface area contributed by atoms with Crippen LogP contribution in [0, 0.1) is 5.92 Å². The highest BCUT2D eigenvalue weighted by molar-refractivity contribution is 4.59. The van der Waals surface area contributed by atoms with E-state index in [1.807, 2.05) is 0 Å². The third kappa shape index (κ3) is 15.9. The Morgan fingerprint density at radius 2 is 1.35 bits per heavy atom. The lowest BCUT2D eigenvalue weighted by atomic mass is 10.1. The molecule has 20 heavy (non-hydrogen) atoms. The number of ether oxygens (including phenoxy) is 3. The van der Waals surface area contributed by atoms with Gasteiger partial charge in [-0.1, -0.05) is 34.1 Å². The highest BCUT2D eigenvalue weighted by atomic mass is 16.5. The third-order valence-corrected chi connectivity index (χ3v) is 3.02. The molecule has 0 amide bonds. The molecule has 4 heteroatoms. The van der Waals surface area contributed by atoms with E-state index in [9.17, 15) is 0 Å². The highest BCUT2D eigenvalue weighted by Gasteiger charge is 2.02. The van der Waals surface area contributed by atoms with Crippen LogP contribution in [0.2, 0.25) is 0 Å². The molecule has 0 bridgehead atoms. The number of hydrogen-bond acceptors (Lipinski definition) is 4. The molecule has 0 aliphatic rings. The van der Waals surface area contributed by atoms with Crippen molar-refractivity contribution in [2.75, 3.05) is 46.2 Å². The van der Waals surface area contributed by atoms with Crippen molar-refractivity contribution in [3.8, 4) is 0 Å². The Labute approximate surface area is 125 Å². The van der Waals surface area contributed by atoms with Crippen LogP contribution in [-0.2, 0) is 14.2 Å². The molecule has 0 rings (SSSR count). The topological polar surface area (TPSA) is 39.7 Å². The van der Waals surface area contributed by atoms with Crippen LogP contribution in [0.1, 0.15) is 47.0 Å². The van der Waals surface area contributed by atoms with Crippen LogP contribution in [0.3, 0.4) is 0 Å². The quantitative estimate of drug-likeness (QED) is 0.471. The summed E-state index contributed by atoms with van der Waals surface area (Å²) >= 11 is 0. The molecule has 0 spiro atoms. The Morgan fingerprint density at radius 1 is 0.800 bits per heavy atom. The van der Waals surface area contributed by atoms with Gasteiger partial charge in [-0.2, -0.15) is 0 Å². The smallest absolute Gasteiger partial charge is 0.0701 e. The van der Waals surface area contributed by atoms with Crippen molar-refractivity contribution < 1.29 is 14.2 Å². The van der Waals surface area contributed by atoms with Crippen LogP contribution in [0.15, 0.2) is 0 Å². The lowest BCUT2D eigenvalue weighted by molar-refractivity contribution is 0.0121. The summed E-state index contributed by atoms with van der Waals surface area (Å²) in [5, 5.41) is 3.44. The average molecular weight is 289 g/mol. The molecular weight excluding hydrogens is 254 g/mol.